The molecule has 1 saturated heterocycles. The van der Waals surface area contributed by atoms with Crippen LogP contribution in [0.25, 0.3) is 10.4 Å². The first-order valence-corrected chi connectivity index (χ1v) is 7.71. The minimum absolute atomic E-state index is 0.211. The van der Waals surface area contributed by atoms with Gasteiger partial charge in [-0.1, -0.05) is 0 Å². The topological polar surface area (TPSA) is 62.1 Å². The van der Waals surface area contributed by atoms with Gasteiger partial charge in [0.25, 0.3) is 0 Å². The number of aliphatic hydroxyl groups excluding tert-OH is 1. The molecule has 0 bridgehead atoms. The van der Waals surface area contributed by atoms with Gasteiger partial charge in [0.1, 0.15) is 0 Å². The van der Waals surface area contributed by atoms with Crippen molar-refractivity contribution in [2.45, 2.75) is 12.6 Å². The Hall–Kier alpha value is -1.21. The van der Waals surface area contributed by atoms with Crippen LogP contribution in [0.2, 0.25) is 0 Å². The van der Waals surface area contributed by atoms with Crippen molar-refractivity contribution in [3.05, 3.63) is 29.4 Å². The summed E-state index contributed by atoms with van der Waals surface area (Å²) in [6.45, 7) is 3.33. The molecule has 2 aromatic rings. The fourth-order valence-electron chi connectivity index (χ4n) is 2.48. The summed E-state index contributed by atoms with van der Waals surface area (Å²) in [6.07, 6.45) is 3.71. The van der Waals surface area contributed by atoms with Crippen LogP contribution in [-0.4, -0.2) is 40.6 Å². The molecule has 2 aromatic heterocycles. The maximum Gasteiger partial charge on any atom is 0.0716 e. The Bertz CT molecular complexity index is 565. The highest BCUT2D eigenvalue weighted by molar-refractivity contribution is 7.15. The number of hydrogen-bond acceptors (Lipinski definition) is 5. The van der Waals surface area contributed by atoms with E-state index in [2.05, 4.69) is 27.9 Å². The van der Waals surface area contributed by atoms with Gasteiger partial charge in [-0.2, -0.15) is 5.10 Å². The molecule has 108 valence electrons. The normalized spacial score (nSPS) is 22.5. The van der Waals surface area contributed by atoms with Gasteiger partial charge in [-0.3, -0.25) is 4.68 Å². The van der Waals surface area contributed by atoms with E-state index in [0.29, 0.717) is 5.92 Å². The average molecular weight is 292 g/mol. The third kappa shape index (κ3) is 3.09. The minimum atomic E-state index is -0.211. The lowest BCUT2D eigenvalue weighted by molar-refractivity contribution is 0.146. The standard InChI is InChI=1S/C14H20N4OS/c1-18-9-11(6-17-18)14-3-2-12(20-14)7-15-4-10-5-16-8-13(10)19/h2-3,6,9-10,13,15-16,19H,4-5,7-8H2,1H3. The predicted octanol–water partition coefficient (Wildman–Crippen LogP) is 0.818. The lowest BCUT2D eigenvalue weighted by atomic mass is 10.1. The fourth-order valence-corrected chi connectivity index (χ4v) is 3.44. The molecule has 0 radical (unpaired) electrons. The number of nitrogens with zero attached hydrogens (tertiary/aromatic N) is 2. The molecule has 1 aliphatic rings. The zero-order valence-corrected chi connectivity index (χ0v) is 12.4. The Morgan fingerprint density at radius 3 is 3.10 bits per heavy atom. The molecule has 0 spiro atoms. The van der Waals surface area contributed by atoms with E-state index in [1.165, 1.54) is 15.3 Å². The number of aromatic nitrogens is 2. The summed E-state index contributed by atoms with van der Waals surface area (Å²) >= 11 is 1.79. The molecule has 3 N–H and O–H groups in total. The van der Waals surface area contributed by atoms with Gasteiger partial charge in [0.15, 0.2) is 0 Å². The number of β-amino-alcohol motifs (C(OH)–C–C–N with tert-alkyl or cyclic N) is 1. The summed E-state index contributed by atoms with van der Waals surface area (Å²) in [7, 11) is 1.93. The van der Waals surface area contributed by atoms with E-state index < -0.39 is 0 Å². The molecule has 3 rings (SSSR count). The molecule has 0 amide bonds. The van der Waals surface area contributed by atoms with Crippen LogP contribution in [0.15, 0.2) is 24.5 Å². The highest BCUT2D eigenvalue weighted by Gasteiger charge is 2.24. The highest BCUT2D eigenvalue weighted by atomic mass is 32.1. The molecule has 1 fully saturated rings. The van der Waals surface area contributed by atoms with E-state index in [9.17, 15) is 5.11 Å². The molecule has 20 heavy (non-hydrogen) atoms. The van der Waals surface area contributed by atoms with Crippen molar-refractivity contribution in [3.63, 3.8) is 0 Å². The summed E-state index contributed by atoms with van der Waals surface area (Å²) in [5.41, 5.74) is 1.17. The van der Waals surface area contributed by atoms with Crippen LogP contribution in [0.5, 0.6) is 0 Å². The van der Waals surface area contributed by atoms with Crippen molar-refractivity contribution >= 4 is 11.3 Å². The molecular weight excluding hydrogens is 272 g/mol. The summed E-state index contributed by atoms with van der Waals surface area (Å²) in [4.78, 5) is 2.56. The van der Waals surface area contributed by atoms with E-state index in [-0.39, 0.29) is 6.10 Å². The molecule has 2 atom stereocenters. The smallest absolute Gasteiger partial charge is 0.0716 e. The number of aliphatic hydroxyl groups is 1. The van der Waals surface area contributed by atoms with Crippen LogP contribution in [0.4, 0.5) is 0 Å². The Morgan fingerprint density at radius 2 is 2.40 bits per heavy atom. The number of aryl methyl sites for hydroxylation is 1. The zero-order valence-electron chi connectivity index (χ0n) is 11.5. The second kappa shape index (κ2) is 6.05. The molecule has 0 saturated carbocycles. The first kappa shape index (κ1) is 13.8. The summed E-state index contributed by atoms with van der Waals surface area (Å²) in [5.74, 6) is 0.327. The molecule has 0 aromatic carbocycles. The van der Waals surface area contributed by atoms with Crippen LogP contribution in [0, 0.1) is 5.92 Å². The fraction of sp³-hybridized carbons (Fsp3) is 0.500. The molecule has 2 unspecified atom stereocenters. The Balaban J connectivity index is 1.52. The largest absolute Gasteiger partial charge is 0.391 e. The van der Waals surface area contributed by atoms with Gasteiger partial charge in [-0.05, 0) is 12.1 Å². The second-order valence-electron chi connectivity index (χ2n) is 5.29. The molecular formula is C14H20N4OS. The van der Waals surface area contributed by atoms with Crippen molar-refractivity contribution in [1.29, 1.82) is 0 Å². The van der Waals surface area contributed by atoms with Crippen LogP contribution in [0.1, 0.15) is 4.88 Å². The van der Waals surface area contributed by atoms with E-state index in [1.54, 1.807) is 11.3 Å². The van der Waals surface area contributed by atoms with E-state index in [4.69, 9.17) is 0 Å². The van der Waals surface area contributed by atoms with Crippen molar-refractivity contribution in [3.8, 4) is 10.4 Å². The van der Waals surface area contributed by atoms with Gasteiger partial charge >= 0.3 is 0 Å². The number of thiophene rings is 1. The van der Waals surface area contributed by atoms with Crippen LogP contribution in [0.3, 0.4) is 0 Å². The lowest BCUT2D eigenvalue weighted by Crippen LogP contribution is -2.29. The number of nitrogens with one attached hydrogen (secondary N) is 2. The van der Waals surface area contributed by atoms with Gasteiger partial charge in [-0.15, -0.1) is 11.3 Å². The van der Waals surface area contributed by atoms with Crippen molar-refractivity contribution in [2.24, 2.45) is 13.0 Å². The van der Waals surface area contributed by atoms with E-state index in [0.717, 1.165) is 26.2 Å². The third-order valence-corrected chi connectivity index (χ3v) is 4.80. The van der Waals surface area contributed by atoms with Gasteiger partial charge in [0, 0.05) is 60.7 Å². The van der Waals surface area contributed by atoms with Crippen molar-refractivity contribution < 1.29 is 5.11 Å². The summed E-state index contributed by atoms with van der Waals surface area (Å²) < 4.78 is 1.82. The summed E-state index contributed by atoms with van der Waals surface area (Å²) in [6, 6.07) is 4.30. The number of hydrogen-bond donors (Lipinski definition) is 3. The lowest BCUT2D eigenvalue weighted by Gasteiger charge is -2.13. The van der Waals surface area contributed by atoms with E-state index >= 15 is 0 Å². The third-order valence-electron chi connectivity index (χ3n) is 3.66. The second-order valence-corrected chi connectivity index (χ2v) is 6.45. The molecule has 6 heteroatoms. The van der Waals surface area contributed by atoms with Crippen LogP contribution in [-0.2, 0) is 13.6 Å². The van der Waals surface area contributed by atoms with Gasteiger partial charge < -0.3 is 15.7 Å². The Kier molecular flexibility index (Phi) is 4.16. The highest BCUT2D eigenvalue weighted by Crippen LogP contribution is 2.27. The average Bonchev–Trinajstić information content (AvgIpc) is 3.12. The van der Waals surface area contributed by atoms with Crippen molar-refractivity contribution in [1.82, 2.24) is 20.4 Å². The van der Waals surface area contributed by atoms with Crippen molar-refractivity contribution in [2.75, 3.05) is 19.6 Å². The molecule has 0 aliphatic carbocycles. The Labute approximate surface area is 122 Å². The first-order chi connectivity index (χ1) is 9.72. The number of rotatable bonds is 5. The molecule has 3 heterocycles. The van der Waals surface area contributed by atoms with Crippen LogP contribution < -0.4 is 10.6 Å². The maximum atomic E-state index is 9.73. The van der Waals surface area contributed by atoms with E-state index in [1.807, 2.05) is 24.1 Å². The molecule has 5 nitrogen and oxygen atoms in total. The van der Waals surface area contributed by atoms with Gasteiger partial charge in [-0.25, -0.2) is 0 Å². The summed E-state index contributed by atoms with van der Waals surface area (Å²) in [5, 5.41) is 20.6. The van der Waals surface area contributed by atoms with Gasteiger partial charge in [0.2, 0.25) is 0 Å². The SMILES string of the molecule is Cn1cc(-c2ccc(CNCC3CNCC3O)s2)cn1. The predicted molar refractivity (Wildman–Crippen MR) is 80.6 cm³/mol. The molecule has 1 aliphatic heterocycles. The first-order valence-electron chi connectivity index (χ1n) is 6.89. The monoisotopic (exact) mass is 292 g/mol. The Morgan fingerprint density at radius 1 is 1.50 bits per heavy atom. The van der Waals surface area contributed by atoms with Gasteiger partial charge in [0.05, 0.1) is 12.3 Å². The zero-order chi connectivity index (χ0) is 13.9. The maximum absolute atomic E-state index is 9.73. The quantitative estimate of drug-likeness (QED) is 0.763. The van der Waals surface area contributed by atoms with Crippen LogP contribution >= 0.6 is 11.3 Å². The minimum Gasteiger partial charge on any atom is -0.391 e.